The second-order valence-electron chi connectivity index (χ2n) is 9.21. The van der Waals surface area contributed by atoms with Crippen LogP contribution in [0.5, 0.6) is 0 Å². The van der Waals surface area contributed by atoms with Gasteiger partial charge in [-0.25, -0.2) is 4.39 Å². The van der Waals surface area contributed by atoms with Crippen LogP contribution in [0.3, 0.4) is 0 Å². The highest BCUT2D eigenvalue weighted by Crippen LogP contribution is 2.37. The number of aliphatic hydroxyl groups excluding tert-OH is 1. The first-order valence-corrected chi connectivity index (χ1v) is 13.1. The Morgan fingerprint density at radius 3 is 2.40 bits per heavy atom. The molecular weight excluding hydrogens is 577 g/mol. The van der Waals surface area contributed by atoms with Gasteiger partial charge in [-0.15, -0.1) is 0 Å². The minimum absolute atomic E-state index is 0.0599. The lowest BCUT2D eigenvalue weighted by Crippen LogP contribution is -2.39. The SMILES string of the molecule is O=C(c1cn(OCCCO)c(=O)c(Cl)c1Nc1cc(C(F)(F)F)ccc1Cl)N1CCC(c2ccc(F)cc2)CC1. The number of amides is 1. The van der Waals surface area contributed by atoms with Crippen LogP contribution in [0.2, 0.25) is 10.0 Å². The molecule has 0 spiro atoms. The van der Waals surface area contributed by atoms with Crippen molar-refractivity contribution in [3.63, 3.8) is 0 Å². The van der Waals surface area contributed by atoms with Gasteiger partial charge in [0.15, 0.2) is 0 Å². The average molecular weight is 602 g/mol. The molecule has 40 heavy (non-hydrogen) atoms. The quantitative estimate of drug-likeness (QED) is 0.248. The predicted molar refractivity (Wildman–Crippen MR) is 143 cm³/mol. The molecule has 1 saturated heterocycles. The zero-order chi connectivity index (χ0) is 29.0. The Balaban J connectivity index is 1.67. The molecule has 2 heterocycles. The van der Waals surface area contributed by atoms with Crippen LogP contribution in [0.4, 0.5) is 28.9 Å². The Morgan fingerprint density at radius 1 is 1.10 bits per heavy atom. The van der Waals surface area contributed by atoms with Gasteiger partial charge in [0.05, 0.1) is 33.7 Å². The van der Waals surface area contributed by atoms with Crippen LogP contribution in [-0.2, 0) is 6.18 Å². The molecule has 0 radical (unpaired) electrons. The minimum atomic E-state index is -4.66. The summed E-state index contributed by atoms with van der Waals surface area (Å²) in [5, 5.41) is 11.1. The number of piperidine rings is 1. The number of carbonyl (C=O) groups excluding carboxylic acids is 1. The van der Waals surface area contributed by atoms with Gasteiger partial charge in [0.2, 0.25) is 0 Å². The fraction of sp³-hybridized carbons (Fsp3) is 0.333. The lowest BCUT2D eigenvalue weighted by molar-refractivity contribution is -0.137. The van der Waals surface area contributed by atoms with Crippen LogP contribution in [-0.4, -0.2) is 46.9 Å². The number of aliphatic hydroxyl groups is 1. The van der Waals surface area contributed by atoms with Crippen molar-refractivity contribution in [3.05, 3.63) is 91.6 Å². The van der Waals surface area contributed by atoms with E-state index < -0.39 is 28.2 Å². The summed E-state index contributed by atoms with van der Waals surface area (Å²) in [7, 11) is 0. The Hall–Kier alpha value is -3.28. The summed E-state index contributed by atoms with van der Waals surface area (Å²) in [5.74, 6) is -0.777. The number of halogens is 6. The normalized spacial score (nSPS) is 14.3. The summed E-state index contributed by atoms with van der Waals surface area (Å²) in [4.78, 5) is 33.5. The van der Waals surface area contributed by atoms with E-state index in [1.54, 1.807) is 12.1 Å². The molecule has 2 aromatic carbocycles. The number of anilines is 2. The highest BCUT2D eigenvalue weighted by Gasteiger charge is 2.32. The molecule has 13 heteroatoms. The molecule has 0 bridgehead atoms. The first kappa shape index (κ1) is 29.7. The number of nitrogens with zero attached hydrogens (tertiary/aromatic N) is 2. The molecule has 0 unspecified atom stereocenters. The number of rotatable bonds is 8. The van der Waals surface area contributed by atoms with Crippen LogP contribution in [0.15, 0.2) is 53.5 Å². The van der Waals surface area contributed by atoms with E-state index in [2.05, 4.69) is 5.32 Å². The molecule has 7 nitrogen and oxygen atoms in total. The number of hydrogen-bond donors (Lipinski definition) is 2. The van der Waals surface area contributed by atoms with Gasteiger partial charge in [0.1, 0.15) is 17.4 Å². The van der Waals surface area contributed by atoms with Gasteiger partial charge in [0.25, 0.3) is 5.91 Å². The highest BCUT2D eigenvalue weighted by molar-refractivity contribution is 6.35. The zero-order valence-corrected chi connectivity index (χ0v) is 22.5. The van der Waals surface area contributed by atoms with Crippen molar-refractivity contribution in [3.8, 4) is 0 Å². The Morgan fingerprint density at radius 2 is 1.77 bits per heavy atom. The maximum absolute atomic E-state index is 13.7. The zero-order valence-electron chi connectivity index (χ0n) is 21.0. The van der Waals surface area contributed by atoms with Crippen molar-refractivity contribution in [2.24, 2.45) is 0 Å². The summed E-state index contributed by atoms with van der Waals surface area (Å²) in [5.41, 5.74) is -1.46. The van der Waals surface area contributed by atoms with Crippen molar-refractivity contribution < 1.29 is 32.3 Å². The van der Waals surface area contributed by atoms with Crippen molar-refractivity contribution in [1.82, 2.24) is 9.63 Å². The molecule has 0 saturated carbocycles. The standard InChI is InChI=1S/C27H25Cl2F4N3O4/c28-21-7-4-18(27(31,32)33)14-22(21)34-24-20(15-36(26(39)23(24)29)40-13-1-12-37)25(38)35-10-8-17(9-11-35)16-2-5-19(30)6-3-16/h2-7,14-15,17,34,37H,1,8-13H2. The first-order valence-electron chi connectivity index (χ1n) is 12.4. The number of carbonyl (C=O) groups is 1. The minimum Gasteiger partial charge on any atom is -0.411 e. The average Bonchev–Trinajstić information content (AvgIpc) is 2.93. The maximum atomic E-state index is 13.7. The molecular formula is C27H25Cl2F4N3O4. The second kappa shape index (κ2) is 12.5. The summed E-state index contributed by atoms with van der Waals surface area (Å²) >= 11 is 12.5. The second-order valence-corrected chi connectivity index (χ2v) is 9.99. The van der Waals surface area contributed by atoms with Crippen LogP contribution < -0.4 is 15.7 Å². The maximum Gasteiger partial charge on any atom is 0.416 e. The van der Waals surface area contributed by atoms with Gasteiger partial charge in [-0.1, -0.05) is 35.3 Å². The van der Waals surface area contributed by atoms with Crippen molar-refractivity contribution >= 4 is 40.5 Å². The molecule has 1 aliphatic rings. The number of likely N-dealkylation sites (tertiary alicyclic amines) is 1. The number of nitrogens with one attached hydrogen (secondary N) is 1. The summed E-state index contributed by atoms with van der Waals surface area (Å²) in [6.45, 7) is 0.389. The molecule has 2 N–H and O–H groups in total. The van der Waals surface area contributed by atoms with E-state index in [-0.39, 0.29) is 53.3 Å². The van der Waals surface area contributed by atoms with E-state index in [0.717, 1.165) is 34.7 Å². The number of hydrogen-bond acceptors (Lipinski definition) is 5. The molecule has 214 valence electrons. The molecule has 0 atom stereocenters. The van der Waals surface area contributed by atoms with Crippen molar-refractivity contribution in [2.75, 3.05) is 31.6 Å². The van der Waals surface area contributed by atoms with Crippen LogP contribution in [0.1, 0.15) is 46.7 Å². The van der Waals surface area contributed by atoms with E-state index in [0.29, 0.717) is 25.9 Å². The number of benzene rings is 2. The van der Waals surface area contributed by atoms with E-state index in [1.165, 1.54) is 17.0 Å². The molecule has 1 amide bonds. The van der Waals surface area contributed by atoms with E-state index in [9.17, 15) is 27.2 Å². The van der Waals surface area contributed by atoms with Crippen molar-refractivity contribution in [1.29, 1.82) is 0 Å². The lowest BCUT2D eigenvalue weighted by Gasteiger charge is -2.33. The van der Waals surface area contributed by atoms with Crippen LogP contribution in [0, 0.1) is 5.82 Å². The molecule has 1 fully saturated rings. The van der Waals surface area contributed by atoms with E-state index in [1.807, 2.05) is 0 Å². The molecule has 0 aliphatic carbocycles. The number of pyridine rings is 1. The molecule has 3 aromatic rings. The van der Waals surface area contributed by atoms with Gasteiger partial charge < -0.3 is 20.2 Å². The summed E-state index contributed by atoms with van der Waals surface area (Å²) in [6, 6.07) is 8.78. The molecule has 1 aliphatic heterocycles. The van der Waals surface area contributed by atoms with Gasteiger partial charge in [-0.05, 0) is 54.7 Å². The third kappa shape index (κ3) is 6.71. The Bertz CT molecular complexity index is 1420. The third-order valence-corrected chi connectivity index (χ3v) is 7.24. The fourth-order valence-electron chi connectivity index (χ4n) is 4.42. The van der Waals surface area contributed by atoms with Crippen molar-refractivity contribution in [2.45, 2.75) is 31.4 Å². The first-order chi connectivity index (χ1) is 19.0. The fourth-order valence-corrected chi connectivity index (χ4v) is 4.82. The number of aromatic nitrogens is 1. The Labute approximate surface area is 236 Å². The largest absolute Gasteiger partial charge is 0.416 e. The van der Waals surface area contributed by atoms with Gasteiger partial charge in [0, 0.05) is 26.1 Å². The van der Waals surface area contributed by atoms with Crippen LogP contribution >= 0.6 is 23.2 Å². The lowest BCUT2D eigenvalue weighted by atomic mass is 9.89. The smallest absolute Gasteiger partial charge is 0.411 e. The third-order valence-electron chi connectivity index (χ3n) is 6.56. The monoisotopic (exact) mass is 601 g/mol. The predicted octanol–water partition coefficient (Wildman–Crippen LogP) is 5.89. The van der Waals surface area contributed by atoms with Crippen LogP contribution in [0.25, 0.3) is 0 Å². The van der Waals surface area contributed by atoms with Gasteiger partial charge in [-0.3, -0.25) is 9.59 Å². The topological polar surface area (TPSA) is 83.8 Å². The van der Waals surface area contributed by atoms with Gasteiger partial charge >= 0.3 is 11.7 Å². The molecule has 4 rings (SSSR count). The summed E-state index contributed by atoms with van der Waals surface area (Å²) in [6.07, 6.45) is -2.18. The Kier molecular flexibility index (Phi) is 9.27. The molecule has 1 aromatic heterocycles. The highest BCUT2D eigenvalue weighted by atomic mass is 35.5. The van der Waals surface area contributed by atoms with E-state index in [4.69, 9.17) is 33.1 Å². The summed E-state index contributed by atoms with van der Waals surface area (Å²) < 4.78 is 54.1. The number of alkyl halides is 3. The van der Waals surface area contributed by atoms with E-state index >= 15 is 0 Å². The van der Waals surface area contributed by atoms with Gasteiger partial charge in [-0.2, -0.15) is 17.9 Å².